The molecule has 0 radical (unpaired) electrons. The van der Waals surface area contributed by atoms with E-state index in [2.05, 4.69) is 71.0 Å². The molecule has 0 atom stereocenters. The van der Waals surface area contributed by atoms with Crippen molar-refractivity contribution in [2.45, 2.75) is 52.4 Å². The summed E-state index contributed by atoms with van der Waals surface area (Å²) in [5.41, 5.74) is 2.90. The molecule has 0 aliphatic carbocycles. The van der Waals surface area contributed by atoms with E-state index in [9.17, 15) is 0 Å². The Morgan fingerprint density at radius 2 is 1.41 bits per heavy atom. The molecule has 0 unspecified atom stereocenters. The average molecular weight is 481 g/mol. The third-order valence-electron chi connectivity index (χ3n) is 2.94. The molecule has 1 aromatic carbocycles. The Morgan fingerprint density at radius 3 is 1.73 bits per heavy atom. The van der Waals surface area contributed by atoms with E-state index in [1.54, 1.807) is 5.31 Å². The minimum atomic E-state index is -3.29. The summed E-state index contributed by atoms with van der Waals surface area (Å²) in [7, 11) is 20.1. The molecule has 22 heavy (non-hydrogen) atoms. The zero-order chi connectivity index (χ0) is 17.3. The topological polar surface area (TPSA) is 0 Å². The third kappa shape index (κ3) is 11.9. The minimum absolute atomic E-state index is 0.00475. The van der Waals surface area contributed by atoms with Gasteiger partial charge in [0, 0.05) is 0 Å². The average Bonchev–Trinajstić information content (AvgIpc) is 2.36. The monoisotopic (exact) mass is 478 g/mol. The van der Waals surface area contributed by atoms with Gasteiger partial charge in [0.2, 0.25) is 0 Å². The van der Waals surface area contributed by atoms with Gasteiger partial charge in [0.05, 0.1) is 0 Å². The Bertz CT molecular complexity index is 427. The molecule has 0 saturated heterocycles. The summed E-state index contributed by atoms with van der Waals surface area (Å²) >= 11 is -3.29. The van der Waals surface area contributed by atoms with Crippen LogP contribution < -0.4 is 0 Å². The molecule has 0 N–H and O–H groups in total. The van der Waals surface area contributed by atoms with Crippen LogP contribution in [0, 0.1) is 0 Å². The van der Waals surface area contributed by atoms with E-state index in [0.29, 0.717) is 0 Å². The number of hydrogen-bond acceptors (Lipinski definition) is 0. The van der Waals surface area contributed by atoms with E-state index in [1.165, 1.54) is 12.0 Å². The SMILES string of the molecule is CCC(=Cc1ccccc1)P(C(C)C)C(C)C.[Cl][Zr]([Cl])([Cl])[Cl]. The van der Waals surface area contributed by atoms with Crippen molar-refractivity contribution in [1.29, 1.82) is 0 Å². The van der Waals surface area contributed by atoms with Gasteiger partial charge in [0.15, 0.2) is 0 Å². The maximum absolute atomic E-state index is 5.04. The van der Waals surface area contributed by atoms with Gasteiger partial charge in [-0.05, 0) is 28.6 Å². The second-order valence-electron chi connectivity index (χ2n) is 5.42. The molecule has 126 valence electrons. The number of hydrogen-bond donors (Lipinski definition) is 0. The van der Waals surface area contributed by atoms with Crippen molar-refractivity contribution in [3.8, 4) is 0 Å². The predicted octanol–water partition coefficient (Wildman–Crippen LogP) is 8.49. The van der Waals surface area contributed by atoms with Crippen LogP contribution in [0.3, 0.4) is 0 Å². The van der Waals surface area contributed by atoms with Gasteiger partial charge in [-0.3, -0.25) is 0 Å². The van der Waals surface area contributed by atoms with E-state index in [4.69, 9.17) is 34.1 Å². The summed E-state index contributed by atoms with van der Waals surface area (Å²) < 4.78 is 0. The zero-order valence-electron chi connectivity index (χ0n) is 13.8. The Labute approximate surface area is 155 Å². The normalized spacial score (nSPS) is 12.6. The molecule has 6 heteroatoms. The molecule has 0 spiro atoms. The van der Waals surface area contributed by atoms with E-state index < -0.39 is 15.5 Å². The molecule has 0 fully saturated rings. The van der Waals surface area contributed by atoms with Gasteiger partial charge in [0.25, 0.3) is 0 Å². The summed E-state index contributed by atoms with van der Waals surface area (Å²) in [4.78, 5) is 0. The van der Waals surface area contributed by atoms with Gasteiger partial charge in [-0.2, -0.15) is 0 Å². The molecular weight excluding hydrogens is 456 g/mol. The maximum atomic E-state index is 5.04. The second-order valence-corrected chi connectivity index (χ2v) is 31.3. The van der Waals surface area contributed by atoms with Crippen LogP contribution >= 0.6 is 42.0 Å². The summed E-state index contributed by atoms with van der Waals surface area (Å²) in [6.07, 6.45) is 3.59. The van der Waals surface area contributed by atoms with Crippen molar-refractivity contribution in [2.75, 3.05) is 0 Å². The summed E-state index contributed by atoms with van der Waals surface area (Å²) in [6.45, 7) is 11.7. The van der Waals surface area contributed by atoms with Crippen LogP contribution in [0.2, 0.25) is 0 Å². The van der Waals surface area contributed by atoms with Crippen molar-refractivity contribution in [3.05, 3.63) is 41.2 Å². The third-order valence-corrected chi connectivity index (χ3v) is 6.27. The quantitative estimate of drug-likeness (QED) is 0.370. The summed E-state index contributed by atoms with van der Waals surface area (Å²) in [5, 5.41) is 1.65. The van der Waals surface area contributed by atoms with Gasteiger partial charge in [-0.1, -0.05) is 78.9 Å². The van der Waals surface area contributed by atoms with Crippen molar-refractivity contribution < 1.29 is 15.5 Å². The molecule has 0 aromatic heterocycles. The van der Waals surface area contributed by atoms with Gasteiger partial charge in [-0.15, -0.1) is 0 Å². The molecule has 0 aliphatic heterocycles. The van der Waals surface area contributed by atoms with E-state index >= 15 is 0 Å². The Kier molecular flexibility index (Phi) is 12.7. The van der Waals surface area contributed by atoms with Gasteiger partial charge in [-0.25, -0.2) is 0 Å². The molecule has 0 aliphatic rings. The van der Waals surface area contributed by atoms with Crippen molar-refractivity contribution >= 4 is 48.0 Å². The van der Waals surface area contributed by atoms with E-state index in [-0.39, 0.29) is 7.92 Å². The van der Waals surface area contributed by atoms with Crippen molar-refractivity contribution in [1.82, 2.24) is 0 Å². The van der Waals surface area contributed by atoms with Crippen LogP contribution in [0.5, 0.6) is 0 Å². The van der Waals surface area contributed by atoms with Crippen LogP contribution in [-0.2, 0) is 15.5 Å². The van der Waals surface area contributed by atoms with E-state index in [1.807, 2.05) is 0 Å². The van der Waals surface area contributed by atoms with Gasteiger partial charge in [0.1, 0.15) is 0 Å². The fourth-order valence-corrected chi connectivity index (χ4v) is 5.54. The number of rotatable bonds is 5. The molecule has 0 saturated carbocycles. The first-order chi connectivity index (χ1) is 10.1. The van der Waals surface area contributed by atoms with Crippen LogP contribution in [-0.4, -0.2) is 11.3 Å². The Hall–Kier alpha value is 1.43. The molecule has 0 amide bonds. The predicted molar refractivity (Wildman–Crippen MR) is 105 cm³/mol. The fraction of sp³-hybridized carbons (Fsp3) is 0.500. The number of allylic oxidation sites excluding steroid dienone is 1. The molecule has 0 heterocycles. The zero-order valence-corrected chi connectivity index (χ0v) is 20.2. The standard InChI is InChI=1S/C16H25P.4ClH.Zr/c1-6-16(17(13(2)3)14(4)5)12-15-10-8-7-9-11-15;;;;;/h7-14H,6H2,1-5H3;4*1H;/q;;;;;+4/p-4. The first kappa shape index (κ1) is 23.4. The fourth-order valence-electron chi connectivity index (χ4n) is 2.36. The van der Waals surface area contributed by atoms with Gasteiger partial charge >= 0.3 is 49.5 Å². The van der Waals surface area contributed by atoms with Crippen molar-refractivity contribution in [2.24, 2.45) is 0 Å². The Morgan fingerprint density at radius 1 is 1.00 bits per heavy atom. The Balaban J connectivity index is 0.000000763. The molecular formula is C16H25Cl4PZr. The van der Waals surface area contributed by atoms with Crippen LogP contribution in [0.25, 0.3) is 6.08 Å². The first-order valence-electron chi connectivity index (χ1n) is 7.35. The van der Waals surface area contributed by atoms with Crippen LogP contribution in [0.1, 0.15) is 46.6 Å². The second kappa shape index (κ2) is 11.9. The van der Waals surface area contributed by atoms with Gasteiger partial charge < -0.3 is 0 Å². The van der Waals surface area contributed by atoms with Crippen LogP contribution in [0.4, 0.5) is 0 Å². The first-order valence-corrected chi connectivity index (χ1v) is 21.5. The number of halogens is 4. The van der Waals surface area contributed by atoms with Crippen molar-refractivity contribution in [3.63, 3.8) is 0 Å². The molecule has 1 rings (SSSR count). The molecule has 1 aromatic rings. The summed E-state index contributed by atoms with van der Waals surface area (Å²) in [6, 6.07) is 10.7. The molecule has 0 bridgehead atoms. The van der Waals surface area contributed by atoms with Crippen LogP contribution in [0.15, 0.2) is 35.6 Å². The molecule has 0 nitrogen and oxygen atoms in total. The summed E-state index contributed by atoms with van der Waals surface area (Å²) in [5.74, 6) is 0. The van der Waals surface area contributed by atoms with E-state index in [0.717, 1.165) is 11.3 Å². The number of benzene rings is 1.